The first-order chi connectivity index (χ1) is 17.3. The normalized spacial score (nSPS) is 16.0. The fraction of sp³-hybridized carbons (Fsp3) is 0.407. The van der Waals surface area contributed by atoms with Crippen LogP contribution in [0.15, 0.2) is 35.6 Å². The highest BCUT2D eigenvalue weighted by Crippen LogP contribution is 2.36. The highest BCUT2D eigenvalue weighted by Gasteiger charge is 2.29. The summed E-state index contributed by atoms with van der Waals surface area (Å²) in [6.07, 6.45) is 5.67. The molecule has 2 aromatic heterocycles. The van der Waals surface area contributed by atoms with Crippen LogP contribution in [0.2, 0.25) is 0 Å². The van der Waals surface area contributed by atoms with Crippen molar-refractivity contribution in [1.29, 1.82) is 0 Å². The van der Waals surface area contributed by atoms with E-state index in [-0.39, 0.29) is 23.9 Å². The van der Waals surface area contributed by atoms with Gasteiger partial charge in [-0.2, -0.15) is 0 Å². The van der Waals surface area contributed by atoms with Crippen LogP contribution in [0.1, 0.15) is 52.4 Å². The van der Waals surface area contributed by atoms with Gasteiger partial charge in [0.1, 0.15) is 16.4 Å². The van der Waals surface area contributed by atoms with Gasteiger partial charge in [-0.3, -0.25) is 19.0 Å². The lowest BCUT2D eigenvalue weighted by molar-refractivity contribution is -0.121. The third kappa shape index (κ3) is 4.16. The molecule has 5 rings (SSSR count). The molecule has 1 aliphatic heterocycles. The average molecular weight is 507 g/mol. The van der Waals surface area contributed by atoms with E-state index in [0.29, 0.717) is 41.3 Å². The van der Waals surface area contributed by atoms with Crippen molar-refractivity contribution < 1.29 is 14.3 Å². The van der Waals surface area contributed by atoms with Crippen LogP contribution in [0, 0.1) is 0 Å². The zero-order chi connectivity index (χ0) is 25.6. The van der Waals surface area contributed by atoms with E-state index in [1.165, 1.54) is 4.88 Å². The second kappa shape index (κ2) is 9.63. The summed E-state index contributed by atoms with van der Waals surface area (Å²) in [6, 6.07) is 4.30. The van der Waals surface area contributed by atoms with Gasteiger partial charge in [0.2, 0.25) is 0 Å². The van der Waals surface area contributed by atoms with Crippen LogP contribution in [0.4, 0.5) is 5.69 Å². The summed E-state index contributed by atoms with van der Waals surface area (Å²) in [4.78, 5) is 50.5. The number of ether oxygens (including phenoxy) is 1. The molecule has 3 heterocycles. The van der Waals surface area contributed by atoms with Crippen molar-refractivity contribution in [2.24, 2.45) is 0 Å². The minimum atomic E-state index is -0.769. The van der Waals surface area contributed by atoms with Crippen LogP contribution >= 0.6 is 11.3 Å². The second-order valence-corrected chi connectivity index (χ2v) is 10.7. The van der Waals surface area contributed by atoms with Crippen molar-refractivity contribution >= 4 is 38.9 Å². The van der Waals surface area contributed by atoms with Gasteiger partial charge in [-0.05, 0) is 70.5 Å². The van der Waals surface area contributed by atoms with E-state index in [1.807, 2.05) is 19.0 Å². The number of Topliss-reactive ketones (excluding diaryl/α,β-unsaturated/α-hetero) is 1. The third-order valence-electron chi connectivity index (χ3n) is 6.82. The number of fused-ring (bicyclic) bond motifs is 4. The molecule has 9 heteroatoms. The van der Waals surface area contributed by atoms with E-state index < -0.39 is 6.04 Å². The van der Waals surface area contributed by atoms with Crippen LogP contribution < -0.4 is 15.2 Å². The van der Waals surface area contributed by atoms with Gasteiger partial charge in [0.15, 0.2) is 12.4 Å². The number of thiophene rings is 1. The third-order valence-corrected chi connectivity index (χ3v) is 8.00. The molecular formula is C27H30N4O4S. The Labute approximate surface area is 213 Å². The highest BCUT2D eigenvalue weighted by atomic mass is 32.1. The van der Waals surface area contributed by atoms with Crippen LogP contribution in [-0.2, 0) is 24.2 Å². The van der Waals surface area contributed by atoms with E-state index in [9.17, 15) is 14.4 Å². The quantitative estimate of drug-likeness (QED) is 0.358. The standard InChI is InChI=1S/C27H30N4O4S/c1-5-12-30-19-13-17(10-11-20(19)35-15-23(30)32)25(33)16(2)31-22(14-29(3)4)28-26-24(27(31)34)18-8-6-7-9-21(18)36-26/h5,10-11,13,16H,1,6-9,12,14-15H2,2-4H3. The first-order valence-electron chi connectivity index (χ1n) is 12.2. The Hall–Kier alpha value is -3.30. The Bertz CT molecular complexity index is 1440. The maximum absolute atomic E-state index is 13.9. The number of carbonyl (C=O) groups is 2. The number of hydrogen-bond acceptors (Lipinski definition) is 7. The fourth-order valence-electron chi connectivity index (χ4n) is 5.10. The van der Waals surface area contributed by atoms with Crippen molar-refractivity contribution in [3.05, 3.63) is 63.0 Å². The minimum absolute atomic E-state index is 0.0511. The molecule has 0 spiro atoms. The number of rotatable bonds is 7. The summed E-state index contributed by atoms with van der Waals surface area (Å²) < 4.78 is 7.12. The van der Waals surface area contributed by atoms with E-state index in [4.69, 9.17) is 9.72 Å². The molecular weight excluding hydrogens is 476 g/mol. The molecule has 1 aromatic carbocycles. The number of benzene rings is 1. The number of aromatic nitrogens is 2. The average Bonchev–Trinajstić information content (AvgIpc) is 3.23. The zero-order valence-corrected chi connectivity index (χ0v) is 21.7. The molecule has 0 bridgehead atoms. The molecule has 1 unspecified atom stereocenters. The SMILES string of the molecule is C=CCN1C(=O)COc2ccc(C(=O)C(C)n3c(CN(C)C)nc4sc5c(c4c3=O)CCCC5)cc21. The minimum Gasteiger partial charge on any atom is -0.482 e. The van der Waals surface area contributed by atoms with Gasteiger partial charge in [0.25, 0.3) is 11.5 Å². The summed E-state index contributed by atoms with van der Waals surface area (Å²) in [5, 5.41) is 0.665. The number of nitrogens with zero attached hydrogens (tertiary/aromatic N) is 4. The topological polar surface area (TPSA) is 84.7 Å². The molecule has 3 aromatic rings. The number of carbonyl (C=O) groups excluding carboxylic acids is 2. The molecule has 2 aliphatic rings. The van der Waals surface area contributed by atoms with Gasteiger partial charge in [-0.15, -0.1) is 17.9 Å². The molecule has 36 heavy (non-hydrogen) atoms. The Morgan fingerprint density at radius 3 is 2.81 bits per heavy atom. The van der Waals surface area contributed by atoms with Gasteiger partial charge in [0, 0.05) is 17.0 Å². The van der Waals surface area contributed by atoms with E-state index in [2.05, 4.69) is 6.58 Å². The summed E-state index contributed by atoms with van der Waals surface area (Å²) >= 11 is 1.61. The van der Waals surface area contributed by atoms with E-state index in [1.54, 1.807) is 52.0 Å². The van der Waals surface area contributed by atoms with Crippen LogP contribution in [0.5, 0.6) is 5.75 Å². The highest BCUT2D eigenvalue weighted by molar-refractivity contribution is 7.18. The first kappa shape index (κ1) is 24.4. The van der Waals surface area contributed by atoms with Crippen LogP contribution in [0.25, 0.3) is 10.2 Å². The Kier molecular flexibility index (Phi) is 6.53. The molecule has 1 aliphatic carbocycles. The Morgan fingerprint density at radius 2 is 2.06 bits per heavy atom. The molecule has 0 radical (unpaired) electrons. The number of hydrogen-bond donors (Lipinski definition) is 0. The molecule has 0 saturated carbocycles. The predicted molar refractivity (Wildman–Crippen MR) is 141 cm³/mol. The van der Waals surface area contributed by atoms with Gasteiger partial charge >= 0.3 is 0 Å². The summed E-state index contributed by atoms with van der Waals surface area (Å²) in [6.45, 7) is 6.18. The lowest BCUT2D eigenvalue weighted by atomic mass is 9.97. The summed E-state index contributed by atoms with van der Waals surface area (Å²) in [7, 11) is 3.84. The van der Waals surface area contributed by atoms with E-state index >= 15 is 0 Å². The van der Waals surface area contributed by atoms with Crippen molar-refractivity contribution in [3.8, 4) is 5.75 Å². The monoisotopic (exact) mass is 506 g/mol. The largest absolute Gasteiger partial charge is 0.482 e. The lowest BCUT2D eigenvalue weighted by Gasteiger charge is -2.29. The summed E-state index contributed by atoms with van der Waals surface area (Å²) in [5.74, 6) is 0.698. The number of anilines is 1. The van der Waals surface area contributed by atoms with E-state index in [0.717, 1.165) is 36.1 Å². The fourth-order valence-corrected chi connectivity index (χ4v) is 6.37. The number of aryl methyl sites for hydroxylation is 2. The van der Waals surface area contributed by atoms with Crippen molar-refractivity contribution in [1.82, 2.24) is 14.5 Å². The van der Waals surface area contributed by atoms with Crippen molar-refractivity contribution in [2.45, 2.75) is 45.2 Å². The molecule has 1 atom stereocenters. The molecule has 0 saturated heterocycles. The predicted octanol–water partition coefficient (Wildman–Crippen LogP) is 3.75. The van der Waals surface area contributed by atoms with Crippen LogP contribution in [-0.4, -0.2) is 53.4 Å². The Balaban J connectivity index is 1.60. The van der Waals surface area contributed by atoms with Gasteiger partial charge < -0.3 is 14.5 Å². The second-order valence-electron chi connectivity index (χ2n) is 9.64. The zero-order valence-electron chi connectivity index (χ0n) is 20.9. The van der Waals surface area contributed by atoms with Gasteiger partial charge in [-0.25, -0.2) is 4.98 Å². The molecule has 0 fully saturated rings. The number of ketones is 1. The lowest BCUT2D eigenvalue weighted by Crippen LogP contribution is -2.39. The van der Waals surface area contributed by atoms with Crippen molar-refractivity contribution in [3.63, 3.8) is 0 Å². The smallest absolute Gasteiger partial charge is 0.265 e. The molecule has 8 nitrogen and oxygen atoms in total. The first-order valence-corrected chi connectivity index (χ1v) is 13.0. The molecule has 1 amide bonds. The van der Waals surface area contributed by atoms with Gasteiger partial charge in [-0.1, -0.05) is 6.08 Å². The maximum atomic E-state index is 13.9. The Morgan fingerprint density at radius 1 is 1.28 bits per heavy atom. The number of amides is 1. The summed E-state index contributed by atoms with van der Waals surface area (Å²) in [5.41, 5.74) is 1.89. The van der Waals surface area contributed by atoms with Crippen LogP contribution in [0.3, 0.4) is 0 Å². The van der Waals surface area contributed by atoms with Gasteiger partial charge in [0.05, 0.1) is 23.7 Å². The molecule has 0 N–H and O–H groups in total. The molecule has 188 valence electrons. The maximum Gasteiger partial charge on any atom is 0.265 e. The van der Waals surface area contributed by atoms with Crippen molar-refractivity contribution in [2.75, 3.05) is 32.1 Å².